The van der Waals surface area contributed by atoms with Gasteiger partial charge in [-0.1, -0.05) is 328 Å². The normalized spacial score (nSPS) is 12.1. The number of allylic oxidation sites excluding steroid dienone is 4. The number of esters is 3. The molecular weight excluding hydrogens is 913 g/mol. The van der Waals surface area contributed by atoms with E-state index in [0.29, 0.717) is 19.3 Å². The number of hydrogen-bond acceptors (Lipinski definition) is 6. The summed E-state index contributed by atoms with van der Waals surface area (Å²) in [5.41, 5.74) is 0. The summed E-state index contributed by atoms with van der Waals surface area (Å²) < 4.78 is 17.0. The zero-order valence-corrected chi connectivity index (χ0v) is 50.1. The standard InChI is InChI=1S/C68H128O6/c1-4-7-10-13-16-19-22-25-28-30-31-32-33-34-35-36-37-38-41-43-46-49-52-55-58-61-67(70)73-64-65(63-72-66(69)60-57-54-51-48-45-42-39-27-24-21-18-15-12-9-6-3)74-68(71)62-59-56-53-50-47-44-40-29-26-23-20-17-14-11-8-5-2/h18,21,27,39,65H,4-17,19-20,22-26,28-38,40-64H2,1-3H3/b21-18-,39-27-. The van der Waals surface area contributed by atoms with Gasteiger partial charge in [0.05, 0.1) is 0 Å². The van der Waals surface area contributed by atoms with Crippen LogP contribution in [0, 0.1) is 0 Å². The smallest absolute Gasteiger partial charge is 0.306 e. The van der Waals surface area contributed by atoms with Crippen LogP contribution in [0.3, 0.4) is 0 Å². The Labute approximate surface area is 462 Å². The maximum absolute atomic E-state index is 12.9. The average molecular weight is 1040 g/mol. The fourth-order valence-corrected chi connectivity index (χ4v) is 10.2. The minimum Gasteiger partial charge on any atom is -0.462 e. The number of rotatable bonds is 62. The molecule has 0 aliphatic carbocycles. The van der Waals surface area contributed by atoms with Gasteiger partial charge < -0.3 is 14.2 Å². The van der Waals surface area contributed by atoms with Crippen molar-refractivity contribution in [2.24, 2.45) is 0 Å². The highest BCUT2D eigenvalue weighted by molar-refractivity contribution is 5.71. The van der Waals surface area contributed by atoms with Gasteiger partial charge in [-0.3, -0.25) is 14.4 Å². The molecule has 0 fully saturated rings. The zero-order valence-electron chi connectivity index (χ0n) is 50.1. The second-order valence-corrected chi connectivity index (χ2v) is 22.7. The third-order valence-electron chi connectivity index (χ3n) is 15.2. The van der Waals surface area contributed by atoms with Crippen molar-refractivity contribution in [1.82, 2.24) is 0 Å². The first-order chi connectivity index (χ1) is 36.5. The van der Waals surface area contributed by atoms with Gasteiger partial charge in [-0.15, -0.1) is 0 Å². The second kappa shape index (κ2) is 63.4. The molecule has 0 saturated heterocycles. The van der Waals surface area contributed by atoms with E-state index >= 15 is 0 Å². The summed E-state index contributed by atoms with van der Waals surface area (Å²) in [5, 5.41) is 0. The van der Waals surface area contributed by atoms with Gasteiger partial charge >= 0.3 is 17.9 Å². The summed E-state index contributed by atoms with van der Waals surface area (Å²) in [4.78, 5) is 38.3. The Morgan fingerprint density at radius 2 is 0.486 bits per heavy atom. The molecule has 0 aromatic carbocycles. The molecule has 0 spiro atoms. The van der Waals surface area contributed by atoms with Crippen molar-refractivity contribution in [2.75, 3.05) is 13.2 Å². The molecular formula is C68H128O6. The quantitative estimate of drug-likeness (QED) is 0.0261. The van der Waals surface area contributed by atoms with Crippen LogP contribution in [0.5, 0.6) is 0 Å². The first-order valence-electron chi connectivity index (χ1n) is 33.3. The van der Waals surface area contributed by atoms with Crippen molar-refractivity contribution < 1.29 is 28.6 Å². The summed E-state index contributed by atoms with van der Waals surface area (Å²) in [5.74, 6) is -0.855. The minimum absolute atomic E-state index is 0.0695. The van der Waals surface area contributed by atoms with Gasteiger partial charge in [0.25, 0.3) is 0 Å². The lowest BCUT2D eigenvalue weighted by atomic mass is 10.0. The van der Waals surface area contributed by atoms with Crippen LogP contribution in [0.1, 0.15) is 374 Å². The molecule has 0 aromatic rings. The Balaban J connectivity index is 4.23. The van der Waals surface area contributed by atoms with E-state index in [9.17, 15) is 14.4 Å². The van der Waals surface area contributed by atoms with Crippen molar-refractivity contribution in [1.29, 1.82) is 0 Å². The summed E-state index contributed by atoms with van der Waals surface area (Å²) in [6.07, 6.45) is 76.2. The third-order valence-corrected chi connectivity index (χ3v) is 15.2. The molecule has 0 radical (unpaired) electrons. The maximum atomic E-state index is 12.9. The molecule has 0 aliphatic heterocycles. The van der Waals surface area contributed by atoms with Crippen LogP contribution in [-0.2, 0) is 28.6 Å². The van der Waals surface area contributed by atoms with Crippen LogP contribution in [0.15, 0.2) is 24.3 Å². The Kier molecular flexibility index (Phi) is 61.6. The number of ether oxygens (including phenoxy) is 3. The molecule has 1 unspecified atom stereocenters. The summed E-state index contributed by atoms with van der Waals surface area (Å²) in [6.45, 7) is 6.68. The zero-order chi connectivity index (χ0) is 53.6. The predicted molar refractivity (Wildman–Crippen MR) is 321 cm³/mol. The van der Waals surface area contributed by atoms with E-state index in [4.69, 9.17) is 14.2 Å². The van der Waals surface area contributed by atoms with Crippen LogP contribution >= 0.6 is 0 Å². The molecule has 0 rings (SSSR count). The van der Waals surface area contributed by atoms with Crippen molar-refractivity contribution in [3.8, 4) is 0 Å². The van der Waals surface area contributed by atoms with E-state index in [1.54, 1.807) is 0 Å². The Morgan fingerprint density at radius 3 is 0.770 bits per heavy atom. The molecule has 6 nitrogen and oxygen atoms in total. The molecule has 436 valence electrons. The molecule has 0 aromatic heterocycles. The van der Waals surface area contributed by atoms with E-state index in [1.807, 2.05) is 0 Å². The van der Waals surface area contributed by atoms with Gasteiger partial charge in [0.2, 0.25) is 0 Å². The SMILES string of the molecule is CCCCC/C=C\C/C=C\CCCCCCCC(=O)OCC(COC(=O)CCCCCCCCCCCCCCCCCCCCCCCCCCC)OC(=O)CCCCCCCCCCCCCCCCCC. The van der Waals surface area contributed by atoms with Gasteiger partial charge in [-0.25, -0.2) is 0 Å². The summed E-state index contributed by atoms with van der Waals surface area (Å²) in [7, 11) is 0. The van der Waals surface area contributed by atoms with Crippen molar-refractivity contribution in [3.63, 3.8) is 0 Å². The lowest BCUT2D eigenvalue weighted by Gasteiger charge is -2.18. The van der Waals surface area contributed by atoms with Crippen molar-refractivity contribution >= 4 is 17.9 Å². The first kappa shape index (κ1) is 71.9. The first-order valence-corrected chi connectivity index (χ1v) is 33.3. The highest BCUT2D eigenvalue weighted by Gasteiger charge is 2.19. The van der Waals surface area contributed by atoms with Crippen molar-refractivity contribution in [3.05, 3.63) is 24.3 Å². The van der Waals surface area contributed by atoms with Crippen LogP contribution < -0.4 is 0 Å². The van der Waals surface area contributed by atoms with Gasteiger partial charge in [-0.05, 0) is 51.4 Å². The Bertz CT molecular complexity index is 1190. The number of unbranched alkanes of at least 4 members (excludes halogenated alkanes) is 47. The van der Waals surface area contributed by atoms with Crippen LogP contribution in [-0.4, -0.2) is 37.2 Å². The molecule has 6 heteroatoms. The lowest BCUT2D eigenvalue weighted by molar-refractivity contribution is -0.167. The van der Waals surface area contributed by atoms with Crippen molar-refractivity contribution in [2.45, 2.75) is 380 Å². The van der Waals surface area contributed by atoms with E-state index < -0.39 is 6.10 Å². The fourth-order valence-electron chi connectivity index (χ4n) is 10.2. The van der Waals surface area contributed by atoms with Gasteiger partial charge in [0.15, 0.2) is 6.10 Å². The summed E-state index contributed by atoms with van der Waals surface area (Å²) in [6, 6.07) is 0. The molecule has 0 amide bonds. The molecule has 0 heterocycles. The highest BCUT2D eigenvalue weighted by Crippen LogP contribution is 2.18. The monoisotopic (exact) mass is 1040 g/mol. The number of carbonyl (C=O) groups excluding carboxylic acids is 3. The van der Waals surface area contributed by atoms with Gasteiger partial charge in [0, 0.05) is 19.3 Å². The highest BCUT2D eigenvalue weighted by atomic mass is 16.6. The molecule has 0 aliphatic rings. The molecule has 1 atom stereocenters. The Morgan fingerprint density at radius 1 is 0.270 bits per heavy atom. The second-order valence-electron chi connectivity index (χ2n) is 22.7. The molecule has 0 bridgehead atoms. The molecule has 0 saturated carbocycles. The maximum Gasteiger partial charge on any atom is 0.306 e. The van der Waals surface area contributed by atoms with Gasteiger partial charge in [0.1, 0.15) is 13.2 Å². The third kappa shape index (κ3) is 60.8. The molecule has 0 N–H and O–H groups in total. The van der Waals surface area contributed by atoms with E-state index in [0.717, 1.165) is 77.0 Å². The Hall–Kier alpha value is -2.11. The lowest BCUT2D eigenvalue weighted by Crippen LogP contribution is -2.30. The van der Waals surface area contributed by atoms with Crippen LogP contribution in [0.25, 0.3) is 0 Å². The number of carbonyl (C=O) groups is 3. The fraction of sp³-hybridized carbons (Fsp3) is 0.897. The van der Waals surface area contributed by atoms with Crippen LogP contribution in [0.4, 0.5) is 0 Å². The van der Waals surface area contributed by atoms with Gasteiger partial charge in [-0.2, -0.15) is 0 Å². The molecule has 74 heavy (non-hydrogen) atoms. The van der Waals surface area contributed by atoms with Crippen LogP contribution in [0.2, 0.25) is 0 Å². The van der Waals surface area contributed by atoms with E-state index in [2.05, 4.69) is 45.1 Å². The van der Waals surface area contributed by atoms with E-state index in [-0.39, 0.29) is 31.1 Å². The predicted octanol–water partition coefficient (Wildman–Crippen LogP) is 22.6. The minimum atomic E-state index is -0.773. The largest absolute Gasteiger partial charge is 0.462 e. The summed E-state index contributed by atoms with van der Waals surface area (Å²) >= 11 is 0. The van der Waals surface area contributed by atoms with E-state index in [1.165, 1.54) is 257 Å². The number of hydrogen-bond donors (Lipinski definition) is 0. The topological polar surface area (TPSA) is 78.9 Å². The average Bonchev–Trinajstić information content (AvgIpc) is 3.40.